The Morgan fingerprint density at radius 1 is 0.661 bits per heavy atom. The van der Waals surface area contributed by atoms with Gasteiger partial charge in [0.05, 0.1) is 35.3 Å². The van der Waals surface area contributed by atoms with Gasteiger partial charge in [-0.3, -0.25) is 9.13 Å². The van der Waals surface area contributed by atoms with Gasteiger partial charge >= 0.3 is 15.2 Å². The molecule has 4 aromatic carbocycles. The summed E-state index contributed by atoms with van der Waals surface area (Å²) in [5.41, 5.74) is 5.55. The largest absolute Gasteiger partial charge is 0.331 e. The number of rotatable bonds is 16. The van der Waals surface area contributed by atoms with Gasteiger partial charge in [-0.2, -0.15) is 0 Å². The molecule has 14 nitrogen and oxygen atoms in total. The van der Waals surface area contributed by atoms with Crippen LogP contribution in [0, 0.1) is 0 Å². The minimum absolute atomic E-state index is 0.0311. The van der Waals surface area contributed by atoms with Crippen LogP contribution in [0.25, 0.3) is 0 Å². The third-order valence-electron chi connectivity index (χ3n) is 10.2. The second-order valence-electron chi connectivity index (χ2n) is 14.9. The summed E-state index contributed by atoms with van der Waals surface area (Å²) in [4.78, 5) is 22.2. The van der Waals surface area contributed by atoms with E-state index in [4.69, 9.17) is 65.2 Å². The van der Waals surface area contributed by atoms with Crippen LogP contribution in [-0.4, -0.2) is 102 Å². The minimum Gasteiger partial charge on any atom is -0.324 e. The molecule has 0 fully saturated rings. The van der Waals surface area contributed by atoms with E-state index in [1.165, 1.54) is 12.1 Å². The molecule has 0 bridgehead atoms. The molecule has 2 aliphatic heterocycles. The lowest BCUT2D eigenvalue weighted by molar-refractivity contribution is 0.220. The summed E-state index contributed by atoms with van der Waals surface area (Å²) in [6.07, 6.45) is -0.616. The number of nitrogens with one attached hydrogen (secondary N) is 2. The molecule has 0 aromatic heterocycles. The van der Waals surface area contributed by atoms with E-state index in [-0.39, 0.29) is 54.1 Å². The maximum absolute atomic E-state index is 13.0. The minimum atomic E-state index is -4.29. The number of nitrogens with zero attached hydrogens (tertiary/aromatic N) is 2. The van der Waals surface area contributed by atoms with Gasteiger partial charge in [0.2, 0.25) is 20.0 Å². The van der Waals surface area contributed by atoms with E-state index in [0.29, 0.717) is 46.3 Å². The van der Waals surface area contributed by atoms with Crippen molar-refractivity contribution in [3.05, 3.63) is 126 Å². The average Bonchev–Trinajstić information content (AvgIpc) is 3.18. The zero-order chi connectivity index (χ0) is 45.6. The van der Waals surface area contributed by atoms with Crippen LogP contribution >= 0.6 is 61.6 Å². The number of fused-ring (bicyclic) bond motifs is 2. The van der Waals surface area contributed by atoms with Gasteiger partial charge in [0, 0.05) is 71.2 Å². The molecular formula is C40H50Cl4N4O10P2S2. The molecule has 0 radical (unpaired) electrons. The van der Waals surface area contributed by atoms with Gasteiger partial charge in [-0.15, -0.1) is 0 Å². The first-order valence-corrected chi connectivity index (χ1v) is 27.5. The number of likely N-dealkylation sites (N-methyl/N-ethyl adjacent to an activating group) is 2. The van der Waals surface area contributed by atoms with Gasteiger partial charge in [-0.25, -0.2) is 26.3 Å². The van der Waals surface area contributed by atoms with Crippen LogP contribution in [0.15, 0.2) is 82.6 Å². The summed E-state index contributed by atoms with van der Waals surface area (Å²) in [6, 6.07) is 20.5. The summed E-state index contributed by atoms with van der Waals surface area (Å²) in [6.45, 7) is 6.18. The highest BCUT2D eigenvalue weighted by atomic mass is 35.5. The van der Waals surface area contributed by atoms with Crippen LogP contribution in [0.2, 0.25) is 20.1 Å². The molecule has 6 rings (SSSR count). The maximum atomic E-state index is 13.0. The summed E-state index contributed by atoms with van der Waals surface area (Å²) in [5, 5.41) is 2.25. The predicted octanol–water partition coefficient (Wildman–Crippen LogP) is 8.14. The Bertz CT molecular complexity index is 2560. The molecule has 0 saturated carbocycles. The smallest absolute Gasteiger partial charge is 0.324 e. The lowest BCUT2D eigenvalue weighted by atomic mass is 9.85. The fourth-order valence-corrected chi connectivity index (χ4v) is 12.9. The van der Waals surface area contributed by atoms with Crippen molar-refractivity contribution >= 4 is 81.6 Å². The zero-order valence-corrected chi connectivity index (χ0v) is 40.9. The SMILES string of the molecule is CCOP(=O)(CCNS(=O)(=O)c1cccc(C2CN(C)Cc3c(Cl)cc(Cl)cc32)c1)OCC.CN1Cc2c(Cl)cc(Cl)cc2C(c2cccc(S(=O)(=O)NCCP(=O)(O)O)c2)C1. The molecule has 4 aromatic rings. The van der Waals surface area contributed by atoms with Crippen molar-refractivity contribution in [2.75, 3.05) is 65.8 Å². The standard InChI is InChI=1S/C22H29Cl2N2O5PS.C18H21Cl2N2O5PS/c1-4-30-32(27,31-5-2)10-9-25-33(28,29)18-8-6-7-16(11-18)20-14-26(3)15-21-19(20)12-17(23)13-22(21)24;1-22-10-16(15-8-13(19)9-18(20)17(15)11-22)12-3-2-4-14(7-12)29(26,27)21-5-6-28(23,24)25/h6-8,11-13,20,25H,4-5,9-10,14-15H2,1-3H3;2-4,7-9,16,21H,5-6,10-11H2,1H3,(H2,23,24,25). The molecule has 2 heterocycles. The number of hydrogen-bond donors (Lipinski definition) is 4. The van der Waals surface area contributed by atoms with E-state index in [1.54, 1.807) is 50.2 Å². The van der Waals surface area contributed by atoms with Gasteiger partial charge in [0.25, 0.3) is 0 Å². The van der Waals surface area contributed by atoms with Crippen molar-refractivity contribution in [3.8, 4) is 0 Å². The average molecular weight is 1010 g/mol. The van der Waals surface area contributed by atoms with E-state index >= 15 is 0 Å². The summed E-state index contributed by atoms with van der Waals surface area (Å²) < 4.78 is 89.8. The number of halogens is 4. The van der Waals surface area contributed by atoms with Gasteiger partial charge in [0.15, 0.2) is 0 Å². The molecule has 2 unspecified atom stereocenters. The van der Waals surface area contributed by atoms with Crippen molar-refractivity contribution in [3.63, 3.8) is 0 Å². The molecule has 0 amide bonds. The maximum Gasteiger partial charge on any atom is 0.331 e. The quantitative estimate of drug-likeness (QED) is 0.0790. The fourth-order valence-electron chi connectivity index (χ4n) is 7.43. The third-order valence-corrected chi connectivity index (χ3v) is 17.1. The molecule has 0 aliphatic carbocycles. The van der Waals surface area contributed by atoms with Gasteiger partial charge in [-0.05, 0) is 110 Å². The first-order valence-electron chi connectivity index (χ1n) is 19.5. The van der Waals surface area contributed by atoms with Crippen molar-refractivity contribution in [1.29, 1.82) is 0 Å². The van der Waals surface area contributed by atoms with Crippen LogP contribution in [0.4, 0.5) is 0 Å². The van der Waals surface area contributed by atoms with Gasteiger partial charge in [-0.1, -0.05) is 70.7 Å². The Labute approximate surface area is 384 Å². The molecule has 22 heteroatoms. The summed E-state index contributed by atoms with van der Waals surface area (Å²) in [5.74, 6) is -0.202. The fraction of sp³-hybridized carbons (Fsp3) is 0.400. The summed E-state index contributed by atoms with van der Waals surface area (Å²) in [7, 11) is -11.4. The Kier molecular flexibility index (Phi) is 17.8. The third kappa shape index (κ3) is 13.6. The van der Waals surface area contributed by atoms with Crippen LogP contribution in [0.3, 0.4) is 0 Å². The Hall–Kier alpha value is -1.92. The topological polar surface area (TPSA) is 192 Å². The van der Waals surface area contributed by atoms with E-state index in [0.717, 1.165) is 33.4 Å². The molecule has 62 heavy (non-hydrogen) atoms. The zero-order valence-electron chi connectivity index (χ0n) is 34.4. The van der Waals surface area contributed by atoms with E-state index in [9.17, 15) is 26.0 Å². The molecule has 2 aliphatic rings. The highest BCUT2D eigenvalue weighted by Crippen LogP contribution is 2.47. The molecular weight excluding hydrogens is 964 g/mol. The van der Waals surface area contributed by atoms with E-state index in [1.807, 2.05) is 38.4 Å². The van der Waals surface area contributed by atoms with Crippen LogP contribution in [-0.2, 0) is 51.3 Å². The van der Waals surface area contributed by atoms with Gasteiger partial charge in [0.1, 0.15) is 0 Å². The van der Waals surface area contributed by atoms with Crippen LogP contribution in [0.1, 0.15) is 59.1 Å². The van der Waals surface area contributed by atoms with Crippen molar-refractivity contribution in [2.24, 2.45) is 0 Å². The van der Waals surface area contributed by atoms with Crippen LogP contribution < -0.4 is 9.44 Å². The van der Waals surface area contributed by atoms with Crippen molar-refractivity contribution in [1.82, 2.24) is 19.2 Å². The lowest BCUT2D eigenvalue weighted by Crippen LogP contribution is -2.31. The molecule has 4 N–H and O–H groups in total. The predicted molar refractivity (Wildman–Crippen MR) is 245 cm³/mol. The molecule has 340 valence electrons. The molecule has 2 atom stereocenters. The molecule has 0 saturated heterocycles. The monoisotopic (exact) mass is 1010 g/mol. The van der Waals surface area contributed by atoms with Crippen LogP contribution in [0.5, 0.6) is 0 Å². The first-order chi connectivity index (χ1) is 29.0. The lowest BCUT2D eigenvalue weighted by Gasteiger charge is -2.33. The first kappa shape index (κ1) is 51.1. The summed E-state index contributed by atoms with van der Waals surface area (Å²) >= 11 is 25.3. The Balaban J connectivity index is 0.000000236. The highest BCUT2D eigenvalue weighted by Gasteiger charge is 2.31. The van der Waals surface area contributed by atoms with E-state index < -0.39 is 41.4 Å². The Morgan fingerprint density at radius 3 is 1.45 bits per heavy atom. The van der Waals surface area contributed by atoms with Crippen molar-refractivity contribution < 1.29 is 44.8 Å². The second kappa shape index (κ2) is 21.6. The van der Waals surface area contributed by atoms with E-state index in [2.05, 4.69) is 19.2 Å². The van der Waals surface area contributed by atoms with Gasteiger partial charge < -0.3 is 28.6 Å². The number of sulfonamides is 2. The number of hydrogen-bond acceptors (Lipinski definition) is 10. The Morgan fingerprint density at radius 2 is 1.06 bits per heavy atom. The molecule has 0 spiro atoms. The normalized spacial score (nSPS) is 17.5. The highest BCUT2D eigenvalue weighted by molar-refractivity contribution is 7.89. The van der Waals surface area contributed by atoms with Crippen molar-refractivity contribution in [2.45, 2.75) is 48.6 Å². The number of benzene rings is 4. The second-order valence-corrected chi connectivity index (χ2v) is 24.1.